The van der Waals surface area contributed by atoms with Crippen LogP contribution in [0.15, 0.2) is 6.20 Å². The summed E-state index contributed by atoms with van der Waals surface area (Å²) in [5, 5.41) is 4.57. The Kier molecular flexibility index (Phi) is 7.88. The third kappa shape index (κ3) is 5.78. The van der Waals surface area contributed by atoms with Gasteiger partial charge in [-0.05, 0) is 39.7 Å². The van der Waals surface area contributed by atoms with Gasteiger partial charge >= 0.3 is 0 Å². The fraction of sp³-hybridized carbons (Fsp3) is 0.810. The SMILES string of the molecule is CCn1cc(CN2CCCC(N(CCCN3CCOCC3)C(C)=O)C2)c(C)n1. The highest BCUT2D eigenvalue weighted by atomic mass is 16.5. The van der Waals surface area contributed by atoms with E-state index in [1.54, 1.807) is 6.92 Å². The molecule has 0 aliphatic carbocycles. The Hall–Kier alpha value is -1.44. The average molecular weight is 392 g/mol. The molecule has 0 N–H and O–H groups in total. The zero-order valence-corrected chi connectivity index (χ0v) is 17.9. The molecule has 2 aliphatic rings. The molecule has 1 amide bonds. The predicted octanol–water partition coefficient (Wildman–Crippen LogP) is 1.75. The summed E-state index contributed by atoms with van der Waals surface area (Å²) in [6, 6.07) is 0.331. The Morgan fingerprint density at radius 3 is 2.75 bits per heavy atom. The van der Waals surface area contributed by atoms with Gasteiger partial charge in [-0.3, -0.25) is 19.3 Å². The lowest BCUT2D eigenvalue weighted by atomic mass is 10.0. The molecule has 2 saturated heterocycles. The molecule has 0 radical (unpaired) electrons. The summed E-state index contributed by atoms with van der Waals surface area (Å²) in [5.74, 6) is 0.212. The van der Waals surface area contributed by atoms with Gasteiger partial charge in [0.25, 0.3) is 0 Å². The summed E-state index contributed by atoms with van der Waals surface area (Å²) in [5.41, 5.74) is 2.43. The fourth-order valence-electron chi connectivity index (χ4n) is 4.43. The van der Waals surface area contributed by atoms with E-state index in [4.69, 9.17) is 4.74 Å². The topological polar surface area (TPSA) is 53.8 Å². The predicted molar refractivity (Wildman–Crippen MR) is 110 cm³/mol. The number of ether oxygens (including phenoxy) is 1. The van der Waals surface area contributed by atoms with Crippen LogP contribution < -0.4 is 0 Å². The van der Waals surface area contributed by atoms with Crippen molar-refractivity contribution in [1.82, 2.24) is 24.5 Å². The second-order valence-corrected chi connectivity index (χ2v) is 8.15. The molecule has 1 atom stereocenters. The summed E-state index contributed by atoms with van der Waals surface area (Å²) < 4.78 is 7.43. The first-order valence-electron chi connectivity index (χ1n) is 10.9. The van der Waals surface area contributed by atoms with Crippen LogP contribution in [0.1, 0.15) is 44.4 Å². The number of aryl methyl sites for hydroxylation is 2. The number of nitrogens with zero attached hydrogens (tertiary/aromatic N) is 5. The minimum absolute atomic E-state index is 0.212. The number of aromatic nitrogens is 2. The Labute approximate surface area is 169 Å². The van der Waals surface area contributed by atoms with Crippen molar-refractivity contribution in [3.05, 3.63) is 17.5 Å². The third-order valence-electron chi connectivity index (χ3n) is 6.07. The highest BCUT2D eigenvalue weighted by molar-refractivity contribution is 5.73. The van der Waals surface area contributed by atoms with Crippen molar-refractivity contribution < 1.29 is 9.53 Å². The minimum atomic E-state index is 0.212. The maximum absolute atomic E-state index is 12.3. The Balaban J connectivity index is 1.52. The van der Waals surface area contributed by atoms with Crippen molar-refractivity contribution in [2.24, 2.45) is 0 Å². The second kappa shape index (κ2) is 10.4. The van der Waals surface area contributed by atoms with E-state index in [0.717, 1.165) is 90.5 Å². The molecule has 28 heavy (non-hydrogen) atoms. The van der Waals surface area contributed by atoms with Crippen molar-refractivity contribution in [2.45, 2.75) is 59.2 Å². The van der Waals surface area contributed by atoms with Crippen LogP contribution in [-0.2, 0) is 22.6 Å². The van der Waals surface area contributed by atoms with Crippen LogP contribution in [0.3, 0.4) is 0 Å². The highest BCUT2D eigenvalue weighted by Gasteiger charge is 2.27. The van der Waals surface area contributed by atoms with Gasteiger partial charge in [0.2, 0.25) is 5.91 Å². The molecule has 3 rings (SSSR count). The summed E-state index contributed by atoms with van der Waals surface area (Å²) in [7, 11) is 0. The van der Waals surface area contributed by atoms with Gasteiger partial charge in [-0.25, -0.2) is 0 Å². The molecular weight excluding hydrogens is 354 g/mol. The summed E-state index contributed by atoms with van der Waals surface area (Å²) >= 11 is 0. The number of morpholine rings is 1. The molecule has 2 aliphatic heterocycles. The van der Waals surface area contributed by atoms with Crippen molar-refractivity contribution in [1.29, 1.82) is 0 Å². The number of piperidine rings is 1. The Morgan fingerprint density at radius 2 is 2.07 bits per heavy atom. The highest BCUT2D eigenvalue weighted by Crippen LogP contribution is 2.20. The molecular formula is C21H37N5O2. The van der Waals surface area contributed by atoms with E-state index in [9.17, 15) is 4.79 Å². The van der Waals surface area contributed by atoms with Crippen LogP contribution in [0.25, 0.3) is 0 Å². The van der Waals surface area contributed by atoms with Crippen LogP contribution >= 0.6 is 0 Å². The monoisotopic (exact) mass is 391 g/mol. The van der Waals surface area contributed by atoms with Gasteiger partial charge < -0.3 is 9.64 Å². The number of likely N-dealkylation sites (tertiary alicyclic amines) is 1. The van der Waals surface area contributed by atoms with Gasteiger partial charge in [-0.15, -0.1) is 0 Å². The summed E-state index contributed by atoms with van der Waals surface area (Å²) in [6.45, 7) is 15.5. The van der Waals surface area contributed by atoms with E-state index in [2.05, 4.69) is 39.8 Å². The third-order valence-corrected chi connectivity index (χ3v) is 6.07. The summed E-state index contributed by atoms with van der Waals surface area (Å²) in [4.78, 5) is 19.4. The first kappa shape index (κ1) is 21.3. The maximum Gasteiger partial charge on any atom is 0.219 e. The molecule has 1 aromatic heterocycles. The number of amides is 1. The van der Waals surface area contributed by atoms with Crippen molar-refractivity contribution in [3.8, 4) is 0 Å². The summed E-state index contributed by atoms with van der Waals surface area (Å²) in [6.07, 6.45) is 5.47. The standard InChI is InChI=1S/C21H37N5O2/c1-4-25-16-20(18(2)22-25)15-24-8-5-7-21(17-24)26(19(3)27)10-6-9-23-11-13-28-14-12-23/h16,21H,4-15,17H2,1-3H3. The van der Waals surface area contributed by atoms with Gasteiger partial charge in [-0.2, -0.15) is 5.10 Å². The zero-order chi connectivity index (χ0) is 19.9. The molecule has 158 valence electrons. The molecule has 2 fully saturated rings. The van der Waals surface area contributed by atoms with Crippen LogP contribution in [-0.4, -0.2) is 88.9 Å². The molecule has 1 unspecified atom stereocenters. The lowest BCUT2D eigenvalue weighted by molar-refractivity contribution is -0.132. The van der Waals surface area contributed by atoms with Crippen molar-refractivity contribution in [3.63, 3.8) is 0 Å². The minimum Gasteiger partial charge on any atom is -0.379 e. The van der Waals surface area contributed by atoms with Crippen LogP contribution in [0, 0.1) is 6.92 Å². The van der Waals surface area contributed by atoms with E-state index < -0.39 is 0 Å². The first-order chi connectivity index (χ1) is 13.6. The van der Waals surface area contributed by atoms with Gasteiger partial charge in [0, 0.05) is 70.5 Å². The first-order valence-corrected chi connectivity index (χ1v) is 10.9. The van der Waals surface area contributed by atoms with Crippen LogP contribution in [0.4, 0.5) is 0 Å². The lowest BCUT2D eigenvalue weighted by Gasteiger charge is -2.39. The molecule has 7 heteroatoms. The van der Waals surface area contributed by atoms with E-state index in [1.165, 1.54) is 5.56 Å². The number of rotatable bonds is 8. The van der Waals surface area contributed by atoms with Crippen molar-refractivity contribution >= 4 is 5.91 Å². The molecule has 0 spiro atoms. The molecule has 3 heterocycles. The van der Waals surface area contributed by atoms with Crippen LogP contribution in [0.2, 0.25) is 0 Å². The number of carbonyl (C=O) groups excluding carboxylic acids is 1. The van der Waals surface area contributed by atoms with E-state index in [0.29, 0.717) is 6.04 Å². The van der Waals surface area contributed by atoms with Crippen molar-refractivity contribution in [2.75, 3.05) is 52.5 Å². The van der Waals surface area contributed by atoms with E-state index in [-0.39, 0.29) is 5.91 Å². The largest absolute Gasteiger partial charge is 0.379 e. The van der Waals surface area contributed by atoms with Gasteiger partial charge in [-0.1, -0.05) is 0 Å². The van der Waals surface area contributed by atoms with Crippen LogP contribution in [0.5, 0.6) is 0 Å². The van der Waals surface area contributed by atoms with Gasteiger partial charge in [0.15, 0.2) is 0 Å². The molecule has 7 nitrogen and oxygen atoms in total. The maximum atomic E-state index is 12.3. The smallest absolute Gasteiger partial charge is 0.219 e. The average Bonchev–Trinajstić information content (AvgIpc) is 3.05. The Bertz CT molecular complexity index is 626. The van der Waals surface area contributed by atoms with Gasteiger partial charge in [0.1, 0.15) is 0 Å². The molecule has 0 saturated carbocycles. The number of carbonyl (C=O) groups is 1. The molecule has 0 bridgehead atoms. The number of hydrogen-bond donors (Lipinski definition) is 0. The zero-order valence-electron chi connectivity index (χ0n) is 17.9. The quantitative estimate of drug-likeness (QED) is 0.676. The number of hydrogen-bond acceptors (Lipinski definition) is 5. The molecule has 1 aromatic rings. The normalized spacial score (nSPS) is 21.8. The Morgan fingerprint density at radius 1 is 1.29 bits per heavy atom. The molecule has 0 aromatic carbocycles. The lowest BCUT2D eigenvalue weighted by Crippen LogP contribution is -2.50. The van der Waals surface area contributed by atoms with E-state index >= 15 is 0 Å². The van der Waals surface area contributed by atoms with Gasteiger partial charge in [0.05, 0.1) is 18.9 Å². The fourth-order valence-corrected chi connectivity index (χ4v) is 4.43. The second-order valence-electron chi connectivity index (χ2n) is 8.15. The van der Waals surface area contributed by atoms with E-state index in [1.807, 2.05) is 4.68 Å².